The van der Waals surface area contributed by atoms with Crippen LogP contribution in [0.4, 0.5) is 0 Å². The minimum absolute atomic E-state index is 0.0664. The molecule has 0 aliphatic carbocycles. The first-order valence-corrected chi connectivity index (χ1v) is 13.0. The highest BCUT2D eigenvalue weighted by atomic mass is 32.2. The van der Waals surface area contributed by atoms with Crippen molar-refractivity contribution in [3.05, 3.63) is 29.8 Å². The van der Waals surface area contributed by atoms with Gasteiger partial charge >= 0.3 is 0 Å². The van der Waals surface area contributed by atoms with Crippen LogP contribution in [-0.4, -0.2) is 75.3 Å². The van der Waals surface area contributed by atoms with Crippen LogP contribution < -0.4 is 10.1 Å². The van der Waals surface area contributed by atoms with E-state index in [0.29, 0.717) is 36.6 Å². The number of morpholine rings is 1. The minimum atomic E-state index is -3.37. The highest BCUT2D eigenvalue weighted by Crippen LogP contribution is 2.43. The summed E-state index contributed by atoms with van der Waals surface area (Å²) in [6.45, 7) is 1.49. The van der Waals surface area contributed by atoms with Crippen LogP contribution in [0.1, 0.15) is 16.6 Å². The first kappa shape index (κ1) is 21.8. The molecular formula is C18H26N2O5S3. The van der Waals surface area contributed by atoms with Gasteiger partial charge in [0.25, 0.3) is 5.91 Å². The number of benzene rings is 1. The van der Waals surface area contributed by atoms with E-state index in [9.17, 15) is 13.2 Å². The number of thioether (sulfide) groups is 2. The average molecular weight is 447 g/mol. The van der Waals surface area contributed by atoms with E-state index < -0.39 is 10.0 Å². The molecule has 7 nitrogen and oxygen atoms in total. The molecule has 1 N–H and O–H groups in total. The quantitative estimate of drug-likeness (QED) is 0.651. The molecule has 2 saturated heterocycles. The van der Waals surface area contributed by atoms with Crippen molar-refractivity contribution in [2.45, 2.75) is 11.0 Å². The van der Waals surface area contributed by atoms with E-state index in [-0.39, 0.29) is 24.8 Å². The van der Waals surface area contributed by atoms with E-state index in [1.54, 1.807) is 0 Å². The Hall–Kier alpha value is -0.940. The van der Waals surface area contributed by atoms with Crippen LogP contribution in [0.15, 0.2) is 24.3 Å². The van der Waals surface area contributed by atoms with Crippen LogP contribution >= 0.6 is 23.5 Å². The van der Waals surface area contributed by atoms with Gasteiger partial charge in [0.05, 0.1) is 23.5 Å². The molecular weight excluding hydrogens is 420 g/mol. The van der Waals surface area contributed by atoms with Gasteiger partial charge in [0, 0.05) is 19.6 Å². The first-order valence-electron chi connectivity index (χ1n) is 9.33. The number of hydrogen-bond acceptors (Lipinski definition) is 7. The zero-order valence-electron chi connectivity index (χ0n) is 15.7. The molecule has 156 valence electrons. The monoisotopic (exact) mass is 446 g/mol. The summed E-state index contributed by atoms with van der Waals surface area (Å²) in [4.78, 5) is 11.9. The molecule has 2 aliphatic heterocycles. The summed E-state index contributed by atoms with van der Waals surface area (Å²) in [5, 5.41) is 2.60. The zero-order valence-corrected chi connectivity index (χ0v) is 18.1. The molecule has 1 aromatic carbocycles. The maximum atomic E-state index is 12.2. The molecule has 28 heavy (non-hydrogen) atoms. The molecule has 3 rings (SSSR count). The number of carbonyl (C=O) groups is 1. The molecule has 0 radical (unpaired) electrons. The third-order valence-electron chi connectivity index (χ3n) is 4.39. The number of nitrogens with zero attached hydrogens (tertiary/aromatic N) is 1. The van der Waals surface area contributed by atoms with Gasteiger partial charge < -0.3 is 14.8 Å². The summed E-state index contributed by atoms with van der Waals surface area (Å²) >= 11 is 3.92. The molecule has 2 fully saturated rings. The molecule has 0 bridgehead atoms. The van der Waals surface area contributed by atoms with E-state index >= 15 is 0 Å². The van der Waals surface area contributed by atoms with Crippen molar-refractivity contribution in [1.82, 2.24) is 9.62 Å². The van der Waals surface area contributed by atoms with Gasteiger partial charge in [-0.2, -0.15) is 4.31 Å². The van der Waals surface area contributed by atoms with Gasteiger partial charge in [0.15, 0.2) is 6.61 Å². The molecule has 1 aromatic rings. The van der Waals surface area contributed by atoms with Gasteiger partial charge in [-0.15, -0.1) is 23.5 Å². The van der Waals surface area contributed by atoms with E-state index in [0.717, 1.165) is 0 Å². The number of nitrogens with one attached hydrogen (secondary N) is 1. The van der Waals surface area contributed by atoms with Gasteiger partial charge in [-0.25, -0.2) is 8.42 Å². The van der Waals surface area contributed by atoms with E-state index in [4.69, 9.17) is 9.47 Å². The van der Waals surface area contributed by atoms with E-state index in [1.807, 2.05) is 47.8 Å². The Kier molecular flexibility index (Phi) is 8.34. The smallest absolute Gasteiger partial charge is 0.257 e. The third-order valence-corrected chi connectivity index (χ3v) is 9.28. The minimum Gasteiger partial charge on any atom is -0.484 e. The molecule has 0 saturated carbocycles. The van der Waals surface area contributed by atoms with E-state index in [1.165, 1.54) is 27.8 Å². The van der Waals surface area contributed by atoms with Crippen LogP contribution in [0.2, 0.25) is 0 Å². The number of rotatable bonds is 8. The lowest BCUT2D eigenvalue weighted by molar-refractivity contribution is -0.122. The molecule has 0 atom stereocenters. The highest BCUT2D eigenvalue weighted by molar-refractivity contribution is 8.16. The third kappa shape index (κ3) is 6.55. The molecule has 10 heteroatoms. The van der Waals surface area contributed by atoms with Gasteiger partial charge in [-0.3, -0.25) is 4.79 Å². The van der Waals surface area contributed by atoms with Crippen molar-refractivity contribution in [1.29, 1.82) is 0 Å². The van der Waals surface area contributed by atoms with Gasteiger partial charge in [0.2, 0.25) is 10.0 Å². The fourth-order valence-electron chi connectivity index (χ4n) is 2.87. The number of sulfonamides is 1. The number of ether oxygens (including phenoxy) is 2. The Morgan fingerprint density at radius 1 is 1.18 bits per heavy atom. The Morgan fingerprint density at radius 3 is 2.54 bits per heavy atom. The lowest BCUT2D eigenvalue weighted by Gasteiger charge is -2.26. The summed E-state index contributed by atoms with van der Waals surface area (Å²) in [5.74, 6) is 2.56. The second-order valence-corrected chi connectivity index (χ2v) is 11.3. The van der Waals surface area contributed by atoms with Crippen molar-refractivity contribution in [2.75, 3.05) is 56.7 Å². The summed E-state index contributed by atoms with van der Waals surface area (Å²) in [6.07, 6.45) is 1.26. The lowest BCUT2D eigenvalue weighted by Crippen LogP contribution is -2.44. The summed E-state index contributed by atoms with van der Waals surface area (Å²) < 4.78 is 36.9. The topological polar surface area (TPSA) is 84.9 Å². The maximum Gasteiger partial charge on any atom is 0.257 e. The number of amides is 1. The van der Waals surface area contributed by atoms with Crippen molar-refractivity contribution in [2.24, 2.45) is 0 Å². The zero-order chi connectivity index (χ0) is 19.8. The molecule has 1 amide bonds. The second kappa shape index (κ2) is 10.7. The van der Waals surface area contributed by atoms with Crippen molar-refractivity contribution in [3.8, 4) is 5.75 Å². The van der Waals surface area contributed by atoms with Crippen LogP contribution in [0, 0.1) is 0 Å². The van der Waals surface area contributed by atoms with Gasteiger partial charge in [0.1, 0.15) is 5.75 Å². The lowest BCUT2D eigenvalue weighted by atomic mass is 10.2. The molecule has 0 spiro atoms. The van der Waals surface area contributed by atoms with Crippen LogP contribution in [0.25, 0.3) is 0 Å². The van der Waals surface area contributed by atoms with Gasteiger partial charge in [-0.1, -0.05) is 12.1 Å². The van der Waals surface area contributed by atoms with E-state index in [2.05, 4.69) is 5.32 Å². The molecule has 0 aromatic heterocycles. The van der Waals surface area contributed by atoms with Crippen molar-refractivity contribution >= 4 is 39.5 Å². The largest absolute Gasteiger partial charge is 0.484 e. The summed E-state index contributed by atoms with van der Waals surface area (Å²) in [7, 11) is -3.37. The Labute approximate surface area is 175 Å². The SMILES string of the molecule is O=C(COc1ccc(C2SCCCS2)cc1)NCCS(=O)(=O)N1CCOCC1. The average Bonchev–Trinajstić information content (AvgIpc) is 2.74. The van der Waals surface area contributed by atoms with Crippen molar-refractivity contribution < 1.29 is 22.7 Å². The predicted octanol–water partition coefficient (Wildman–Crippen LogP) is 1.71. The second-order valence-electron chi connectivity index (χ2n) is 6.46. The van der Waals surface area contributed by atoms with Crippen LogP contribution in [0.5, 0.6) is 5.75 Å². The fraction of sp³-hybridized carbons (Fsp3) is 0.611. The predicted molar refractivity (Wildman–Crippen MR) is 113 cm³/mol. The van der Waals surface area contributed by atoms with Crippen molar-refractivity contribution in [3.63, 3.8) is 0 Å². The number of hydrogen-bond donors (Lipinski definition) is 1. The highest BCUT2D eigenvalue weighted by Gasteiger charge is 2.24. The molecule has 2 heterocycles. The Morgan fingerprint density at radius 2 is 1.86 bits per heavy atom. The molecule has 2 aliphatic rings. The normalized spacial score (nSPS) is 19.3. The maximum absolute atomic E-state index is 12.2. The Bertz CT molecular complexity index is 730. The summed E-state index contributed by atoms with van der Waals surface area (Å²) in [6, 6.07) is 7.83. The van der Waals surface area contributed by atoms with Crippen LogP contribution in [0.3, 0.4) is 0 Å². The van der Waals surface area contributed by atoms with Gasteiger partial charge in [-0.05, 0) is 35.6 Å². The number of carbonyl (C=O) groups excluding carboxylic acids is 1. The summed E-state index contributed by atoms with van der Waals surface area (Å²) in [5.41, 5.74) is 1.26. The fourth-order valence-corrected chi connectivity index (χ4v) is 7.09. The first-order chi connectivity index (χ1) is 13.5. The molecule has 0 unspecified atom stereocenters. The Balaban J connectivity index is 1.37. The standard InChI is InChI=1S/C18H26N2O5S3/c21-17(19-6-13-28(22,23)20-7-9-24-10-8-20)14-25-16-4-2-15(3-5-16)18-26-11-1-12-27-18/h2-5,18H,1,6-14H2,(H,19,21). The van der Waals surface area contributed by atoms with Crippen LogP contribution in [-0.2, 0) is 19.6 Å².